The van der Waals surface area contributed by atoms with Gasteiger partial charge in [0, 0.05) is 0 Å². The highest BCUT2D eigenvalue weighted by Gasteiger charge is 2.20. The molecule has 0 spiro atoms. The summed E-state index contributed by atoms with van der Waals surface area (Å²) in [5.74, 6) is 0. The minimum atomic E-state index is 0.0998. The van der Waals surface area contributed by atoms with Crippen molar-refractivity contribution in [3.63, 3.8) is 0 Å². The number of fused-ring (bicyclic) bond motifs is 2. The second kappa shape index (κ2) is 8.94. The molecule has 0 N–H and O–H groups in total. The smallest absolute Gasteiger partial charge is 0.0598 e. The van der Waals surface area contributed by atoms with Crippen molar-refractivity contribution in [1.29, 1.82) is 0 Å². The topological polar surface area (TPSA) is 0 Å². The Morgan fingerprint density at radius 3 is 1.08 bits per heavy atom. The van der Waals surface area contributed by atoms with Crippen molar-refractivity contribution in [1.82, 2.24) is 0 Å². The fraction of sp³-hybridized carbons (Fsp3) is 0.235. The third-order valence-electron chi connectivity index (χ3n) is 7.14. The van der Waals surface area contributed by atoms with Crippen molar-refractivity contribution >= 4 is 44.7 Å². The quantitative estimate of drug-likeness (QED) is 0.207. The highest BCUT2D eigenvalue weighted by Crippen LogP contribution is 2.46. The Hall–Kier alpha value is -2.80. The van der Waals surface area contributed by atoms with E-state index in [4.69, 9.17) is 23.2 Å². The highest BCUT2D eigenvalue weighted by molar-refractivity contribution is 6.43. The summed E-state index contributed by atoms with van der Waals surface area (Å²) in [6.45, 7) is 13.5. The van der Waals surface area contributed by atoms with E-state index in [1.54, 1.807) is 0 Å². The Kier molecular flexibility index (Phi) is 6.18. The molecule has 0 aromatic heterocycles. The third-order valence-corrected chi connectivity index (χ3v) is 7.87. The zero-order chi connectivity index (χ0) is 25.8. The van der Waals surface area contributed by atoms with Crippen LogP contribution in [-0.2, 0) is 10.8 Å². The monoisotopic (exact) mass is 510 g/mol. The van der Waals surface area contributed by atoms with Gasteiger partial charge in [0.25, 0.3) is 0 Å². The molecule has 0 saturated carbocycles. The van der Waals surface area contributed by atoms with E-state index in [1.165, 1.54) is 44.2 Å². The standard InChI is InChI=1S/C34H32Cl2/c1-33(2,3)23-15-11-21(12-16-23)31-25-9-7-8-10-26(25)32(28-20-30(36)29(35)19-27(28)31)22-13-17-24(18-14-22)34(4,5)6/h7-20H,1-6H3. The van der Waals surface area contributed by atoms with Gasteiger partial charge in [-0.1, -0.05) is 138 Å². The van der Waals surface area contributed by atoms with Crippen LogP contribution < -0.4 is 0 Å². The minimum Gasteiger partial charge on any atom is -0.0827 e. The van der Waals surface area contributed by atoms with Crippen LogP contribution in [0.1, 0.15) is 52.7 Å². The van der Waals surface area contributed by atoms with Crippen LogP contribution in [0.15, 0.2) is 84.9 Å². The maximum Gasteiger partial charge on any atom is 0.0598 e. The predicted octanol–water partition coefficient (Wildman–Crippen LogP) is 11.2. The average molecular weight is 512 g/mol. The van der Waals surface area contributed by atoms with E-state index in [2.05, 4.69) is 114 Å². The molecular weight excluding hydrogens is 479 g/mol. The summed E-state index contributed by atoms with van der Waals surface area (Å²) in [7, 11) is 0. The first kappa shape index (κ1) is 24.9. The summed E-state index contributed by atoms with van der Waals surface area (Å²) >= 11 is 13.2. The molecule has 0 bridgehead atoms. The van der Waals surface area contributed by atoms with Crippen LogP contribution in [0.5, 0.6) is 0 Å². The van der Waals surface area contributed by atoms with Gasteiger partial charge in [0.2, 0.25) is 0 Å². The molecule has 0 amide bonds. The van der Waals surface area contributed by atoms with E-state index >= 15 is 0 Å². The molecule has 0 radical (unpaired) electrons. The molecule has 5 aromatic carbocycles. The van der Waals surface area contributed by atoms with Crippen molar-refractivity contribution < 1.29 is 0 Å². The lowest BCUT2D eigenvalue weighted by molar-refractivity contribution is 0.590. The Morgan fingerprint density at radius 2 is 0.778 bits per heavy atom. The first-order valence-corrected chi connectivity index (χ1v) is 13.3. The SMILES string of the molecule is CC(C)(C)c1ccc(-c2c3ccccc3c(-c3ccc(C(C)(C)C)cc3)c3cc(Cl)c(Cl)cc23)cc1. The Balaban J connectivity index is 1.86. The van der Waals surface area contributed by atoms with Crippen molar-refractivity contribution in [3.05, 3.63) is 106 Å². The lowest BCUT2D eigenvalue weighted by Gasteiger charge is -2.22. The van der Waals surface area contributed by atoms with Gasteiger partial charge < -0.3 is 0 Å². The summed E-state index contributed by atoms with van der Waals surface area (Å²) in [5, 5.41) is 5.79. The van der Waals surface area contributed by atoms with Crippen LogP contribution in [0.25, 0.3) is 43.8 Å². The third kappa shape index (κ3) is 4.42. The van der Waals surface area contributed by atoms with Gasteiger partial charge in [-0.3, -0.25) is 0 Å². The zero-order valence-corrected chi connectivity index (χ0v) is 23.4. The lowest BCUT2D eigenvalue weighted by Crippen LogP contribution is -2.10. The average Bonchev–Trinajstić information content (AvgIpc) is 2.83. The molecule has 0 unspecified atom stereocenters. The molecule has 0 aliphatic rings. The Morgan fingerprint density at radius 1 is 0.444 bits per heavy atom. The van der Waals surface area contributed by atoms with Crippen molar-refractivity contribution in [2.45, 2.75) is 52.4 Å². The van der Waals surface area contributed by atoms with Crippen LogP contribution in [0.4, 0.5) is 0 Å². The molecular formula is C34H32Cl2. The second-order valence-corrected chi connectivity index (χ2v) is 12.6. The molecule has 0 nitrogen and oxygen atoms in total. The van der Waals surface area contributed by atoms with Crippen molar-refractivity contribution in [2.24, 2.45) is 0 Å². The van der Waals surface area contributed by atoms with Crippen LogP contribution in [0.2, 0.25) is 10.0 Å². The van der Waals surface area contributed by atoms with Gasteiger partial charge in [0.1, 0.15) is 0 Å². The molecule has 5 rings (SSSR count). The van der Waals surface area contributed by atoms with Gasteiger partial charge in [-0.25, -0.2) is 0 Å². The second-order valence-electron chi connectivity index (χ2n) is 11.8. The highest BCUT2D eigenvalue weighted by atomic mass is 35.5. The maximum absolute atomic E-state index is 6.62. The van der Waals surface area contributed by atoms with Crippen molar-refractivity contribution in [2.75, 3.05) is 0 Å². The van der Waals surface area contributed by atoms with Gasteiger partial charge in [0.15, 0.2) is 0 Å². The van der Waals surface area contributed by atoms with Gasteiger partial charge in [0.05, 0.1) is 10.0 Å². The van der Waals surface area contributed by atoms with Crippen molar-refractivity contribution in [3.8, 4) is 22.3 Å². The largest absolute Gasteiger partial charge is 0.0827 e. The summed E-state index contributed by atoms with van der Waals surface area (Å²) in [6, 6.07) is 30.7. The molecule has 182 valence electrons. The normalized spacial score (nSPS) is 12.4. The van der Waals surface area contributed by atoms with Gasteiger partial charge in [-0.2, -0.15) is 0 Å². The van der Waals surface area contributed by atoms with E-state index < -0.39 is 0 Å². The minimum absolute atomic E-state index is 0.0998. The number of hydrogen-bond acceptors (Lipinski definition) is 0. The lowest BCUT2D eigenvalue weighted by atomic mass is 9.82. The molecule has 0 aliphatic carbocycles. The van der Waals surface area contributed by atoms with Crippen LogP contribution in [-0.4, -0.2) is 0 Å². The molecule has 36 heavy (non-hydrogen) atoms. The first-order valence-electron chi connectivity index (χ1n) is 12.5. The van der Waals surface area contributed by atoms with Crippen LogP contribution >= 0.6 is 23.2 Å². The zero-order valence-electron chi connectivity index (χ0n) is 21.8. The fourth-order valence-corrected chi connectivity index (χ4v) is 5.39. The molecule has 0 saturated heterocycles. The first-order chi connectivity index (χ1) is 16.9. The Bertz CT molecular complexity index is 1460. The van der Waals surface area contributed by atoms with Gasteiger partial charge in [-0.05, 0) is 77.9 Å². The molecule has 0 aliphatic heterocycles. The van der Waals surface area contributed by atoms with Gasteiger partial charge in [-0.15, -0.1) is 0 Å². The number of hydrogen-bond donors (Lipinski definition) is 0. The molecule has 0 heterocycles. The maximum atomic E-state index is 6.62. The number of rotatable bonds is 2. The predicted molar refractivity (Wildman–Crippen MR) is 160 cm³/mol. The molecule has 0 fully saturated rings. The van der Waals surface area contributed by atoms with E-state index in [-0.39, 0.29) is 10.8 Å². The summed E-state index contributed by atoms with van der Waals surface area (Å²) in [6.07, 6.45) is 0. The van der Waals surface area contributed by atoms with Crippen LogP contribution in [0, 0.1) is 0 Å². The van der Waals surface area contributed by atoms with E-state index in [1.807, 2.05) is 12.1 Å². The summed E-state index contributed by atoms with van der Waals surface area (Å²) in [4.78, 5) is 0. The fourth-order valence-electron chi connectivity index (χ4n) is 5.07. The van der Waals surface area contributed by atoms with E-state index in [0.29, 0.717) is 10.0 Å². The van der Waals surface area contributed by atoms with Crippen LogP contribution in [0.3, 0.4) is 0 Å². The summed E-state index contributed by atoms with van der Waals surface area (Å²) < 4.78 is 0. The number of halogens is 2. The Labute approximate surface area is 224 Å². The number of benzene rings is 5. The molecule has 2 heteroatoms. The molecule has 5 aromatic rings. The van der Waals surface area contributed by atoms with E-state index in [9.17, 15) is 0 Å². The van der Waals surface area contributed by atoms with Gasteiger partial charge >= 0.3 is 0 Å². The molecule has 0 atom stereocenters. The summed E-state index contributed by atoms with van der Waals surface area (Å²) in [5.41, 5.74) is 7.57. The van der Waals surface area contributed by atoms with E-state index in [0.717, 1.165) is 10.8 Å².